The van der Waals surface area contributed by atoms with Crippen LogP contribution in [0, 0.1) is 6.92 Å². The van der Waals surface area contributed by atoms with Crippen LogP contribution in [0.3, 0.4) is 0 Å². The van der Waals surface area contributed by atoms with Crippen molar-refractivity contribution in [2.45, 2.75) is 19.4 Å². The van der Waals surface area contributed by atoms with E-state index in [2.05, 4.69) is 40.1 Å². The van der Waals surface area contributed by atoms with Crippen molar-refractivity contribution >= 4 is 38.9 Å². The fourth-order valence-electron chi connectivity index (χ4n) is 2.97. The Morgan fingerprint density at radius 2 is 2.16 bits per heavy atom. The summed E-state index contributed by atoms with van der Waals surface area (Å²) >= 11 is 4.88. The Morgan fingerprint density at radius 1 is 1.28 bits per heavy atom. The van der Waals surface area contributed by atoms with Crippen molar-refractivity contribution in [2.24, 2.45) is 5.10 Å². The maximum absolute atomic E-state index is 13.0. The van der Waals surface area contributed by atoms with Gasteiger partial charge in [-0.15, -0.1) is 11.3 Å². The van der Waals surface area contributed by atoms with Crippen molar-refractivity contribution in [3.63, 3.8) is 0 Å². The topological polar surface area (TPSA) is 45.8 Å². The fourth-order valence-corrected chi connectivity index (χ4v) is 4.00. The number of hydrogen-bond acceptors (Lipinski definition) is 4. The van der Waals surface area contributed by atoms with Gasteiger partial charge in [-0.2, -0.15) is 5.10 Å². The van der Waals surface area contributed by atoms with Gasteiger partial charge in [0.25, 0.3) is 0 Å². The first kappa shape index (κ1) is 16.3. The van der Waals surface area contributed by atoms with Crippen LogP contribution in [-0.4, -0.2) is 16.6 Å². The Balaban J connectivity index is 1.73. The second-order valence-electron chi connectivity index (χ2n) is 5.91. The molecule has 0 bridgehead atoms. The van der Waals surface area contributed by atoms with Crippen LogP contribution in [0.2, 0.25) is 0 Å². The first-order chi connectivity index (χ1) is 12.1. The van der Waals surface area contributed by atoms with Crippen LogP contribution in [-0.2, 0) is 0 Å². The van der Waals surface area contributed by atoms with Crippen molar-refractivity contribution < 1.29 is 9.21 Å². The SMILES string of the molecule is Cc1cccc([C@H]2CC(c3cccs3)=NN2C(=O)c2ccc(Br)o2)c1. The fraction of sp³-hybridized carbons (Fsp3) is 0.158. The van der Waals surface area contributed by atoms with E-state index in [9.17, 15) is 4.79 Å². The quantitative estimate of drug-likeness (QED) is 0.575. The highest BCUT2D eigenvalue weighted by Crippen LogP contribution is 2.35. The summed E-state index contributed by atoms with van der Waals surface area (Å²) in [7, 11) is 0. The number of carbonyl (C=O) groups is 1. The lowest BCUT2D eigenvalue weighted by molar-refractivity contribution is 0.0677. The molecule has 1 atom stereocenters. The molecule has 0 saturated carbocycles. The molecule has 0 spiro atoms. The van der Waals surface area contributed by atoms with Crippen LogP contribution in [0.25, 0.3) is 0 Å². The summed E-state index contributed by atoms with van der Waals surface area (Å²) in [4.78, 5) is 14.0. The first-order valence-corrected chi connectivity index (χ1v) is 9.56. The molecular formula is C19H15BrN2O2S. The number of nitrogens with zero attached hydrogens (tertiary/aromatic N) is 2. The van der Waals surface area contributed by atoms with Crippen LogP contribution in [0.4, 0.5) is 0 Å². The maximum atomic E-state index is 13.0. The molecule has 2 aromatic heterocycles. The van der Waals surface area contributed by atoms with Gasteiger partial charge in [0.15, 0.2) is 10.4 Å². The van der Waals surface area contributed by atoms with Crippen LogP contribution < -0.4 is 0 Å². The number of amides is 1. The van der Waals surface area contributed by atoms with E-state index in [0.717, 1.165) is 21.7 Å². The molecule has 0 aliphatic carbocycles. The molecule has 126 valence electrons. The van der Waals surface area contributed by atoms with Crippen molar-refractivity contribution in [1.29, 1.82) is 0 Å². The molecule has 0 N–H and O–H groups in total. The second-order valence-corrected chi connectivity index (χ2v) is 7.64. The number of benzene rings is 1. The first-order valence-electron chi connectivity index (χ1n) is 7.88. The van der Waals surface area contributed by atoms with Gasteiger partial charge in [0.1, 0.15) is 0 Å². The van der Waals surface area contributed by atoms with Crippen LogP contribution in [0.1, 0.15) is 39.0 Å². The van der Waals surface area contributed by atoms with Gasteiger partial charge in [0, 0.05) is 6.42 Å². The third-order valence-corrected chi connectivity index (χ3v) is 5.48. The van der Waals surface area contributed by atoms with Crippen molar-refractivity contribution in [1.82, 2.24) is 5.01 Å². The number of halogens is 1. The predicted octanol–water partition coefficient (Wildman–Crippen LogP) is 5.40. The number of rotatable bonds is 3. The molecule has 1 aliphatic rings. The molecule has 1 amide bonds. The number of hydrazone groups is 1. The molecule has 25 heavy (non-hydrogen) atoms. The van der Waals surface area contributed by atoms with Gasteiger partial charge in [-0.3, -0.25) is 4.79 Å². The van der Waals surface area contributed by atoms with Gasteiger partial charge in [-0.1, -0.05) is 35.9 Å². The lowest BCUT2D eigenvalue weighted by Gasteiger charge is -2.21. The monoisotopic (exact) mass is 414 g/mol. The minimum Gasteiger partial charge on any atom is -0.444 e. The zero-order valence-electron chi connectivity index (χ0n) is 13.5. The predicted molar refractivity (Wildman–Crippen MR) is 102 cm³/mol. The van der Waals surface area contributed by atoms with Gasteiger partial charge in [-0.25, -0.2) is 5.01 Å². The molecule has 0 saturated heterocycles. The molecule has 0 unspecified atom stereocenters. The number of carbonyl (C=O) groups excluding carboxylic acids is 1. The summed E-state index contributed by atoms with van der Waals surface area (Å²) in [5.41, 5.74) is 3.17. The number of aryl methyl sites for hydroxylation is 1. The number of furan rings is 1. The Morgan fingerprint density at radius 3 is 2.84 bits per heavy atom. The minimum atomic E-state index is -0.233. The van der Waals surface area contributed by atoms with Gasteiger partial charge in [0.2, 0.25) is 0 Å². The molecule has 4 rings (SSSR count). The normalized spacial score (nSPS) is 17.0. The number of thiophene rings is 1. The van der Waals surface area contributed by atoms with Crippen molar-refractivity contribution in [2.75, 3.05) is 0 Å². The highest BCUT2D eigenvalue weighted by atomic mass is 79.9. The standard InChI is InChI=1S/C19H15BrN2O2S/c1-12-4-2-5-13(10-12)15-11-14(17-6-3-9-25-17)21-22(15)19(23)16-7-8-18(20)24-16/h2-10,15H,11H2,1H3/t15-/m1/s1. The van der Waals surface area contributed by atoms with Gasteiger partial charge >= 0.3 is 5.91 Å². The van der Waals surface area contributed by atoms with E-state index in [0.29, 0.717) is 11.1 Å². The average molecular weight is 415 g/mol. The van der Waals surface area contributed by atoms with E-state index < -0.39 is 0 Å². The van der Waals surface area contributed by atoms with E-state index in [1.165, 1.54) is 0 Å². The summed E-state index contributed by atoms with van der Waals surface area (Å²) in [6.07, 6.45) is 0.692. The van der Waals surface area contributed by atoms with Gasteiger partial charge < -0.3 is 4.42 Å². The molecule has 4 nitrogen and oxygen atoms in total. The smallest absolute Gasteiger partial charge is 0.310 e. The van der Waals surface area contributed by atoms with Gasteiger partial charge in [0.05, 0.1) is 16.6 Å². The molecular weight excluding hydrogens is 400 g/mol. The van der Waals surface area contributed by atoms with E-state index in [1.807, 2.05) is 29.6 Å². The van der Waals surface area contributed by atoms with Crippen molar-refractivity contribution in [3.8, 4) is 0 Å². The maximum Gasteiger partial charge on any atom is 0.310 e. The van der Waals surface area contributed by atoms with Gasteiger partial charge in [-0.05, 0) is 52.0 Å². The molecule has 3 heterocycles. The summed E-state index contributed by atoms with van der Waals surface area (Å²) in [5, 5.41) is 8.21. The lowest BCUT2D eigenvalue weighted by atomic mass is 9.99. The van der Waals surface area contributed by atoms with Crippen LogP contribution in [0.15, 0.2) is 68.1 Å². The molecule has 3 aromatic rings. The van der Waals surface area contributed by atoms with E-state index >= 15 is 0 Å². The zero-order valence-corrected chi connectivity index (χ0v) is 15.9. The van der Waals surface area contributed by atoms with E-state index in [4.69, 9.17) is 4.42 Å². The summed E-state index contributed by atoms with van der Waals surface area (Å²) in [6, 6.07) is 15.5. The third kappa shape index (κ3) is 3.19. The average Bonchev–Trinajstić information content (AvgIpc) is 3.34. The van der Waals surface area contributed by atoms with Crippen LogP contribution >= 0.6 is 27.3 Å². The Hall–Kier alpha value is -2.18. The Bertz CT molecular complexity index is 946. The highest BCUT2D eigenvalue weighted by Gasteiger charge is 2.35. The Labute approximate surface area is 157 Å². The molecule has 1 aromatic carbocycles. The molecule has 0 radical (unpaired) electrons. The molecule has 6 heteroatoms. The minimum absolute atomic E-state index is 0.131. The van der Waals surface area contributed by atoms with E-state index in [1.54, 1.807) is 28.5 Å². The largest absolute Gasteiger partial charge is 0.444 e. The molecule has 1 aliphatic heterocycles. The summed E-state index contributed by atoms with van der Waals surface area (Å²) < 4.78 is 5.98. The highest BCUT2D eigenvalue weighted by molar-refractivity contribution is 9.10. The summed E-state index contributed by atoms with van der Waals surface area (Å²) in [5.74, 6) is 0.0458. The second kappa shape index (κ2) is 6.61. The lowest BCUT2D eigenvalue weighted by Crippen LogP contribution is -2.26. The molecule has 0 fully saturated rings. The summed E-state index contributed by atoms with van der Waals surface area (Å²) in [6.45, 7) is 2.05. The third-order valence-electron chi connectivity index (χ3n) is 4.13. The zero-order chi connectivity index (χ0) is 17.4. The van der Waals surface area contributed by atoms with Crippen molar-refractivity contribution in [3.05, 3.63) is 80.3 Å². The van der Waals surface area contributed by atoms with Crippen LogP contribution in [0.5, 0.6) is 0 Å². The van der Waals surface area contributed by atoms with E-state index in [-0.39, 0.29) is 17.7 Å². The Kier molecular flexibility index (Phi) is 4.31. The number of hydrogen-bond donors (Lipinski definition) is 0.